The molecule has 0 N–H and O–H groups in total. The van der Waals surface area contributed by atoms with E-state index < -0.39 is 21.5 Å². The standard InChI is InChI=1S/2C26H25.C2H7Si.2ClH.Zr/c2*1-4-19-14-15-21-16-22(20-10-6-5-7-11-20)17-25(21)26(19)24-13-9-8-12-23(24)18(2)3;1-3-2;;;/h2*5-18H,4H2,1-3H3;3H,1-2H3;2*1H;/q;;;;;+2/p-2. The van der Waals surface area contributed by atoms with Crippen molar-refractivity contribution >= 4 is 46.2 Å². The number of hydrogen-bond acceptors (Lipinski definition) is 0. The third-order valence-electron chi connectivity index (χ3n) is 13.5. The summed E-state index contributed by atoms with van der Waals surface area (Å²) >= 11 is -5.29. The van der Waals surface area contributed by atoms with Crippen LogP contribution < -0.4 is 0 Å². The Hall–Kier alpha value is -3.52. The Kier molecular flexibility index (Phi) is 11.5. The molecule has 6 aromatic rings. The summed E-state index contributed by atoms with van der Waals surface area (Å²) in [6.45, 7) is 18.8. The maximum atomic E-state index is 9.15. The molecule has 0 heterocycles. The predicted octanol–water partition coefficient (Wildman–Crippen LogP) is 16.3. The number of fused-ring (bicyclic) bond motifs is 2. The minimum atomic E-state index is -5.29. The second-order valence-electron chi connectivity index (χ2n) is 17.6. The van der Waals surface area contributed by atoms with Crippen LogP contribution in [0.1, 0.15) is 116 Å². The van der Waals surface area contributed by atoms with Crippen LogP contribution in [0.5, 0.6) is 0 Å². The zero-order valence-electron chi connectivity index (χ0n) is 35.4. The van der Waals surface area contributed by atoms with Gasteiger partial charge in [-0.15, -0.1) is 0 Å². The summed E-state index contributed by atoms with van der Waals surface area (Å²) in [6, 6.07) is 49.8. The molecule has 2 aliphatic rings. The average molecular weight is 896 g/mol. The molecule has 295 valence electrons. The van der Waals surface area contributed by atoms with Gasteiger partial charge in [-0.05, 0) is 0 Å². The van der Waals surface area contributed by atoms with Crippen molar-refractivity contribution in [2.45, 2.75) is 86.6 Å². The summed E-state index contributed by atoms with van der Waals surface area (Å²) in [7, 11) is 18.3. The summed E-state index contributed by atoms with van der Waals surface area (Å²) in [4.78, 5) is 0. The third kappa shape index (κ3) is 6.66. The van der Waals surface area contributed by atoms with E-state index in [-0.39, 0.29) is 7.25 Å². The van der Waals surface area contributed by atoms with Gasteiger partial charge in [0.2, 0.25) is 0 Å². The van der Waals surface area contributed by atoms with Crippen LogP contribution in [0.3, 0.4) is 0 Å². The van der Waals surface area contributed by atoms with E-state index >= 15 is 0 Å². The van der Waals surface area contributed by atoms with E-state index in [1.165, 1.54) is 89.0 Å². The Morgan fingerprint density at radius 1 is 0.500 bits per heavy atom. The predicted molar refractivity (Wildman–Crippen MR) is 255 cm³/mol. The first-order chi connectivity index (χ1) is 27.9. The van der Waals surface area contributed by atoms with Crippen molar-refractivity contribution in [3.8, 4) is 22.3 Å². The van der Waals surface area contributed by atoms with Crippen molar-refractivity contribution in [1.82, 2.24) is 0 Å². The topological polar surface area (TPSA) is 0 Å². The van der Waals surface area contributed by atoms with Crippen LogP contribution >= 0.6 is 17.0 Å². The first kappa shape index (κ1) is 41.2. The third-order valence-corrected chi connectivity index (χ3v) is 65.0. The van der Waals surface area contributed by atoms with Gasteiger partial charge in [-0.1, -0.05) is 0 Å². The Morgan fingerprint density at radius 3 is 1.21 bits per heavy atom. The Bertz CT molecular complexity index is 2390. The van der Waals surface area contributed by atoms with Gasteiger partial charge in [-0.2, -0.15) is 0 Å². The van der Waals surface area contributed by atoms with E-state index in [2.05, 4.69) is 200 Å². The van der Waals surface area contributed by atoms with Crippen molar-refractivity contribution in [3.63, 3.8) is 0 Å². The molecule has 58 heavy (non-hydrogen) atoms. The molecule has 0 saturated carbocycles. The second-order valence-corrected chi connectivity index (χ2v) is 60.1. The van der Waals surface area contributed by atoms with E-state index in [1.54, 1.807) is 0 Å². The molecule has 0 spiro atoms. The summed E-state index contributed by atoms with van der Waals surface area (Å²) in [5.74, 6) is -1.10. The molecule has 0 aliphatic heterocycles. The van der Waals surface area contributed by atoms with Gasteiger partial charge >= 0.3 is 360 Å². The van der Waals surface area contributed by atoms with Crippen molar-refractivity contribution in [1.29, 1.82) is 0 Å². The monoisotopic (exact) mass is 893 g/mol. The van der Waals surface area contributed by atoms with E-state index in [0.29, 0.717) is 11.8 Å². The second kappa shape index (κ2) is 16.2. The molecule has 0 fully saturated rings. The number of benzene rings is 6. The molecule has 6 aromatic carbocycles. The van der Waals surface area contributed by atoms with Gasteiger partial charge in [-0.3, -0.25) is 0 Å². The fraction of sp³-hybridized carbons (Fsp3) is 0.259. The van der Waals surface area contributed by atoms with Crippen LogP contribution in [0.4, 0.5) is 0 Å². The van der Waals surface area contributed by atoms with Gasteiger partial charge in [0.25, 0.3) is 0 Å². The Labute approximate surface area is 356 Å². The van der Waals surface area contributed by atoms with Gasteiger partial charge in [0.05, 0.1) is 0 Å². The van der Waals surface area contributed by atoms with Gasteiger partial charge in [-0.25, -0.2) is 0 Å². The Balaban J connectivity index is 1.48. The first-order valence-electron chi connectivity index (χ1n) is 21.5. The van der Waals surface area contributed by atoms with Crippen molar-refractivity contribution in [2.24, 2.45) is 0 Å². The molecule has 2 atom stereocenters. The van der Waals surface area contributed by atoms with Crippen LogP contribution in [-0.4, -0.2) is 5.92 Å². The molecule has 4 heteroatoms. The molecule has 8 rings (SSSR count). The van der Waals surface area contributed by atoms with Crippen LogP contribution in [0.2, 0.25) is 13.1 Å². The Morgan fingerprint density at radius 2 is 0.862 bits per heavy atom. The van der Waals surface area contributed by atoms with Gasteiger partial charge in [0.15, 0.2) is 0 Å². The van der Waals surface area contributed by atoms with Crippen molar-refractivity contribution in [2.75, 3.05) is 0 Å². The van der Waals surface area contributed by atoms with Crippen LogP contribution in [0, 0.1) is 0 Å². The summed E-state index contributed by atoms with van der Waals surface area (Å²) in [5.41, 5.74) is 21.1. The molecular formula is C54H57Cl2SiZr. The molecule has 2 aliphatic carbocycles. The number of hydrogen-bond donors (Lipinski definition) is 0. The summed E-state index contributed by atoms with van der Waals surface area (Å²) in [5, 5.41) is 0. The molecule has 0 radical (unpaired) electrons. The normalized spacial score (nSPS) is 16.9. The number of allylic oxidation sites excluding steroid dienone is 2. The molecule has 0 nitrogen and oxygen atoms in total. The summed E-state index contributed by atoms with van der Waals surface area (Å²) < 4.78 is -0.185. The van der Waals surface area contributed by atoms with E-state index in [4.69, 9.17) is 17.0 Å². The minimum absolute atomic E-state index is 0.0926. The maximum absolute atomic E-state index is 9.15. The number of rotatable bonds is 11. The van der Waals surface area contributed by atoms with Gasteiger partial charge in [0.1, 0.15) is 0 Å². The first-order valence-corrected chi connectivity index (χ1v) is 37.8. The zero-order chi connectivity index (χ0) is 41.0. The molecule has 0 amide bonds. The van der Waals surface area contributed by atoms with E-state index in [1.807, 2.05) is 0 Å². The number of aryl methyl sites for hydroxylation is 2. The van der Waals surface area contributed by atoms with Crippen LogP contribution in [-0.2, 0) is 28.4 Å². The molecule has 0 bridgehead atoms. The molecule has 2 unspecified atom stereocenters. The SMILES string of the molecule is CCc1ccc2c(c1-c1ccccc1C(C)C)C=C(c1ccccc1)[CH]2[Zr]([Cl])([Cl])([CH]1C(c2ccccc2)=Cc2c1ccc(CC)c2-c1ccccc1C(C)C)[SiH](C)C. The molecule has 0 saturated heterocycles. The fourth-order valence-electron chi connectivity index (χ4n) is 10.5. The van der Waals surface area contributed by atoms with Crippen molar-refractivity contribution in [3.05, 3.63) is 189 Å². The molecular weight excluding hydrogens is 839 g/mol. The van der Waals surface area contributed by atoms with Crippen LogP contribution in [0.25, 0.3) is 45.6 Å². The number of halogens is 2. The van der Waals surface area contributed by atoms with E-state index in [9.17, 15) is 0 Å². The molecule has 0 aromatic heterocycles. The summed E-state index contributed by atoms with van der Waals surface area (Å²) in [6.07, 6.45) is 6.93. The van der Waals surface area contributed by atoms with Crippen molar-refractivity contribution < 1.29 is 15.6 Å². The quantitative estimate of drug-likeness (QED) is 0.114. The average Bonchev–Trinajstić information content (AvgIpc) is 3.85. The van der Waals surface area contributed by atoms with Gasteiger partial charge < -0.3 is 0 Å². The van der Waals surface area contributed by atoms with Gasteiger partial charge in [0, 0.05) is 0 Å². The fourth-order valence-corrected chi connectivity index (χ4v) is 40.6. The van der Waals surface area contributed by atoms with E-state index in [0.717, 1.165) is 12.8 Å². The zero-order valence-corrected chi connectivity index (χ0v) is 40.5. The van der Waals surface area contributed by atoms with Crippen LogP contribution in [0.15, 0.2) is 133 Å².